The number of halogens is 4. The van der Waals surface area contributed by atoms with Crippen molar-refractivity contribution in [3.8, 4) is 0 Å². The van der Waals surface area contributed by atoms with Crippen LogP contribution in [0.2, 0.25) is 0 Å². The number of nitrogens with one attached hydrogen (secondary N) is 1. The Morgan fingerprint density at radius 1 is 1.32 bits per heavy atom. The number of benzene rings is 1. The molecule has 0 atom stereocenters. The molecule has 19 heavy (non-hydrogen) atoms. The molecule has 0 aromatic heterocycles. The predicted molar refractivity (Wildman–Crippen MR) is 70.6 cm³/mol. The molecular weight excluding hydrogens is 278 g/mol. The van der Waals surface area contributed by atoms with Crippen molar-refractivity contribution in [2.75, 3.05) is 18.1 Å². The quantitative estimate of drug-likeness (QED) is 0.465. The number of rotatable bonds is 7. The van der Waals surface area contributed by atoms with Gasteiger partial charge in [0.1, 0.15) is 5.82 Å². The molecule has 0 heterocycles. The summed E-state index contributed by atoms with van der Waals surface area (Å²) in [6.45, 7) is 4.55. The third-order valence-corrected chi connectivity index (χ3v) is 3.29. The van der Waals surface area contributed by atoms with Crippen molar-refractivity contribution in [3.63, 3.8) is 0 Å². The molecule has 1 rings (SSSR count). The normalized spacial score (nSPS) is 11.6. The maximum Gasteiger partial charge on any atom is 0.419 e. The van der Waals surface area contributed by atoms with Gasteiger partial charge in [0.2, 0.25) is 0 Å². The van der Waals surface area contributed by atoms with Gasteiger partial charge in [0.25, 0.3) is 0 Å². The van der Waals surface area contributed by atoms with Gasteiger partial charge in [-0.1, -0.05) is 12.1 Å². The summed E-state index contributed by atoms with van der Waals surface area (Å²) in [5, 5.41) is 3.01. The Labute approximate surface area is 114 Å². The van der Waals surface area contributed by atoms with Crippen LogP contribution in [0.25, 0.3) is 0 Å². The van der Waals surface area contributed by atoms with Crippen molar-refractivity contribution in [2.45, 2.75) is 12.7 Å². The van der Waals surface area contributed by atoms with Crippen molar-refractivity contribution in [1.29, 1.82) is 0 Å². The fraction of sp³-hybridized carbons (Fsp3) is 0.385. The molecule has 0 unspecified atom stereocenters. The van der Waals surface area contributed by atoms with Crippen LogP contribution in [-0.2, 0) is 12.7 Å². The highest BCUT2D eigenvalue weighted by Gasteiger charge is 2.34. The maximum absolute atomic E-state index is 13.0. The fourth-order valence-electron chi connectivity index (χ4n) is 1.44. The van der Waals surface area contributed by atoms with E-state index in [9.17, 15) is 17.6 Å². The predicted octanol–water partition coefficient (Wildman–Crippen LogP) is 3.85. The zero-order valence-electron chi connectivity index (χ0n) is 10.3. The molecule has 1 aromatic rings. The summed E-state index contributed by atoms with van der Waals surface area (Å²) in [6, 6.07) is 3.06. The van der Waals surface area contributed by atoms with Gasteiger partial charge < -0.3 is 5.32 Å². The molecule has 0 fully saturated rings. The molecule has 0 aliphatic carbocycles. The highest BCUT2D eigenvalue weighted by Crippen LogP contribution is 2.31. The van der Waals surface area contributed by atoms with Crippen LogP contribution in [0, 0.1) is 5.82 Å². The topological polar surface area (TPSA) is 12.0 Å². The fourth-order valence-corrected chi connectivity index (χ4v) is 2.07. The lowest BCUT2D eigenvalue weighted by Gasteiger charge is -2.10. The van der Waals surface area contributed by atoms with E-state index in [1.807, 2.05) is 0 Å². The van der Waals surface area contributed by atoms with E-state index in [1.54, 1.807) is 17.8 Å². The third kappa shape index (κ3) is 5.65. The van der Waals surface area contributed by atoms with Crippen LogP contribution in [0.15, 0.2) is 30.9 Å². The molecule has 0 amide bonds. The molecule has 1 N–H and O–H groups in total. The van der Waals surface area contributed by atoms with Gasteiger partial charge in [0.05, 0.1) is 5.56 Å². The minimum Gasteiger partial charge on any atom is -0.312 e. The standard InChI is InChI=1S/C13H15F4NS/c1-2-6-19-7-5-18-9-10-3-4-12(14)11(8-10)13(15,16)17/h2-4,8,18H,1,5-7,9H2. The molecule has 0 saturated heterocycles. The lowest BCUT2D eigenvalue weighted by atomic mass is 10.1. The van der Waals surface area contributed by atoms with Gasteiger partial charge in [-0.15, -0.1) is 6.58 Å². The van der Waals surface area contributed by atoms with Crippen molar-refractivity contribution in [2.24, 2.45) is 0 Å². The molecular formula is C13H15F4NS. The minimum absolute atomic E-state index is 0.290. The van der Waals surface area contributed by atoms with Crippen LogP contribution in [-0.4, -0.2) is 18.1 Å². The second-order valence-corrected chi connectivity index (χ2v) is 5.00. The molecule has 0 radical (unpaired) electrons. The average molecular weight is 293 g/mol. The van der Waals surface area contributed by atoms with Crippen LogP contribution in [0.3, 0.4) is 0 Å². The second-order valence-electron chi connectivity index (χ2n) is 3.85. The van der Waals surface area contributed by atoms with Crippen molar-refractivity contribution in [3.05, 3.63) is 47.8 Å². The summed E-state index contributed by atoms with van der Waals surface area (Å²) in [7, 11) is 0. The van der Waals surface area contributed by atoms with E-state index in [2.05, 4.69) is 11.9 Å². The van der Waals surface area contributed by atoms with E-state index in [1.165, 1.54) is 6.07 Å². The van der Waals surface area contributed by atoms with Gasteiger partial charge in [-0.3, -0.25) is 0 Å². The first kappa shape index (κ1) is 16.0. The molecule has 0 spiro atoms. The Balaban J connectivity index is 2.49. The molecule has 1 nitrogen and oxygen atoms in total. The zero-order chi connectivity index (χ0) is 14.3. The van der Waals surface area contributed by atoms with E-state index < -0.39 is 17.6 Å². The number of hydrogen-bond acceptors (Lipinski definition) is 2. The highest BCUT2D eigenvalue weighted by atomic mass is 32.2. The van der Waals surface area contributed by atoms with Crippen LogP contribution < -0.4 is 5.32 Å². The molecule has 0 aliphatic rings. The monoisotopic (exact) mass is 293 g/mol. The highest BCUT2D eigenvalue weighted by molar-refractivity contribution is 7.99. The summed E-state index contributed by atoms with van der Waals surface area (Å²) >= 11 is 1.68. The molecule has 106 valence electrons. The second kappa shape index (κ2) is 7.55. The van der Waals surface area contributed by atoms with E-state index in [0.29, 0.717) is 12.1 Å². The van der Waals surface area contributed by atoms with Gasteiger partial charge in [-0.2, -0.15) is 24.9 Å². The number of hydrogen-bond donors (Lipinski definition) is 1. The van der Waals surface area contributed by atoms with Crippen LogP contribution in [0.1, 0.15) is 11.1 Å². The lowest BCUT2D eigenvalue weighted by Crippen LogP contribution is -2.17. The lowest BCUT2D eigenvalue weighted by molar-refractivity contribution is -0.140. The first-order valence-corrected chi connectivity index (χ1v) is 6.85. The summed E-state index contributed by atoms with van der Waals surface area (Å²) in [5.41, 5.74) is -0.796. The summed E-state index contributed by atoms with van der Waals surface area (Å²) in [5.74, 6) is 0.452. The molecule has 0 saturated carbocycles. The minimum atomic E-state index is -4.65. The van der Waals surface area contributed by atoms with E-state index in [-0.39, 0.29) is 6.54 Å². The molecule has 6 heteroatoms. The molecule has 0 aliphatic heterocycles. The van der Waals surface area contributed by atoms with Crippen molar-refractivity contribution >= 4 is 11.8 Å². The van der Waals surface area contributed by atoms with Gasteiger partial charge >= 0.3 is 6.18 Å². The SMILES string of the molecule is C=CCSCCNCc1ccc(F)c(C(F)(F)F)c1. The summed E-state index contributed by atoms with van der Waals surface area (Å²) < 4.78 is 50.5. The summed E-state index contributed by atoms with van der Waals surface area (Å²) in [4.78, 5) is 0. The molecule has 1 aromatic carbocycles. The average Bonchev–Trinajstić information content (AvgIpc) is 2.34. The van der Waals surface area contributed by atoms with E-state index in [4.69, 9.17) is 0 Å². The zero-order valence-corrected chi connectivity index (χ0v) is 11.1. The number of alkyl halides is 3. The Morgan fingerprint density at radius 3 is 2.68 bits per heavy atom. The first-order chi connectivity index (χ1) is 8.95. The van der Waals surface area contributed by atoms with Crippen LogP contribution in [0.5, 0.6) is 0 Å². The largest absolute Gasteiger partial charge is 0.419 e. The smallest absolute Gasteiger partial charge is 0.312 e. The summed E-state index contributed by atoms with van der Waals surface area (Å²) in [6.07, 6.45) is -2.86. The Morgan fingerprint density at radius 2 is 2.05 bits per heavy atom. The van der Waals surface area contributed by atoms with E-state index in [0.717, 1.165) is 23.6 Å². The van der Waals surface area contributed by atoms with Gasteiger partial charge in [0.15, 0.2) is 0 Å². The van der Waals surface area contributed by atoms with Gasteiger partial charge in [-0.25, -0.2) is 4.39 Å². The Bertz CT molecular complexity index is 418. The Kier molecular flexibility index (Phi) is 6.37. The van der Waals surface area contributed by atoms with Crippen LogP contribution >= 0.6 is 11.8 Å². The molecule has 0 bridgehead atoms. The van der Waals surface area contributed by atoms with Gasteiger partial charge in [-0.05, 0) is 17.7 Å². The van der Waals surface area contributed by atoms with Gasteiger partial charge in [0, 0.05) is 24.6 Å². The van der Waals surface area contributed by atoms with Crippen LogP contribution in [0.4, 0.5) is 17.6 Å². The number of thioether (sulfide) groups is 1. The maximum atomic E-state index is 13.0. The first-order valence-electron chi connectivity index (χ1n) is 5.70. The third-order valence-electron chi connectivity index (χ3n) is 2.32. The van der Waals surface area contributed by atoms with E-state index >= 15 is 0 Å². The Hall–Kier alpha value is -1.01. The van der Waals surface area contributed by atoms with Crippen molar-refractivity contribution in [1.82, 2.24) is 5.32 Å². The van der Waals surface area contributed by atoms with Crippen molar-refractivity contribution < 1.29 is 17.6 Å².